The third-order valence-electron chi connectivity index (χ3n) is 5.24. The van der Waals surface area contributed by atoms with E-state index in [1.54, 1.807) is 0 Å². The molecule has 2 fully saturated rings. The Labute approximate surface area is 125 Å². The van der Waals surface area contributed by atoms with E-state index in [-0.39, 0.29) is 18.2 Å². The molecule has 3 rings (SSSR count). The van der Waals surface area contributed by atoms with Crippen LogP contribution < -0.4 is 5.73 Å². The van der Waals surface area contributed by atoms with Crippen molar-refractivity contribution in [3.63, 3.8) is 0 Å². The van der Waals surface area contributed by atoms with Gasteiger partial charge in [-0.15, -0.1) is 0 Å². The first-order valence-electron chi connectivity index (χ1n) is 8.12. The van der Waals surface area contributed by atoms with Gasteiger partial charge in [0.25, 0.3) is 0 Å². The van der Waals surface area contributed by atoms with Crippen molar-refractivity contribution in [1.29, 1.82) is 0 Å². The van der Waals surface area contributed by atoms with Crippen LogP contribution >= 0.6 is 0 Å². The fourth-order valence-corrected chi connectivity index (χ4v) is 4.30. The van der Waals surface area contributed by atoms with Crippen LogP contribution in [0.15, 0.2) is 18.2 Å². The van der Waals surface area contributed by atoms with Gasteiger partial charge in [0.15, 0.2) is 0 Å². The average molecular weight is 294 g/mol. The van der Waals surface area contributed by atoms with E-state index in [9.17, 15) is 8.78 Å². The van der Waals surface area contributed by atoms with Gasteiger partial charge in [0.2, 0.25) is 0 Å². The Morgan fingerprint density at radius 2 is 1.76 bits per heavy atom. The van der Waals surface area contributed by atoms with Crippen molar-refractivity contribution in [2.45, 2.75) is 50.6 Å². The molecule has 2 aliphatic rings. The number of benzene rings is 1. The zero-order valence-electron chi connectivity index (χ0n) is 12.4. The molecule has 1 saturated carbocycles. The molecule has 3 atom stereocenters. The van der Waals surface area contributed by atoms with Crippen LogP contribution in [-0.4, -0.2) is 24.0 Å². The molecule has 1 aliphatic heterocycles. The van der Waals surface area contributed by atoms with Gasteiger partial charge in [-0.1, -0.05) is 18.9 Å². The number of hydrogen-bond donors (Lipinski definition) is 1. The molecule has 0 spiro atoms. The molecule has 1 aromatic rings. The van der Waals surface area contributed by atoms with Gasteiger partial charge >= 0.3 is 0 Å². The second-order valence-electron chi connectivity index (χ2n) is 6.38. The molecule has 2 N–H and O–H groups in total. The molecule has 116 valence electrons. The third-order valence-corrected chi connectivity index (χ3v) is 5.24. The summed E-state index contributed by atoms with van der Waals surface area (Å²) < 4.78 is 28.3. The van der Waals surface area contributed by atoms with Gasteiger partial charge in [0.1, 0.15) is 11.6 Å². The maximum absolute atomic E-state index is 14.1. The summed E-state index contributed by atoms with van der Waals surface area (Å²) in [6.45, 7) is 1.16. The topological polar surface area (TPSA) is 29.3 Å². The van der Waals surface area contributed by atoms with Gasteiger partial charge in [-0.05, 0) is 50.3 Å². The molecular weight excluding hydrogens is 270 g/mol. The Bertz CT molecular complexity index is 469. The van der Waals surface area contributed by atoms with Gasteiger partial charge in [-0.3, -0.25) is 4.90 Å². The molecule has 1 heterocycles. The first kappa shape index (κ1) is 14.9. The van der Waals surface area contributed by atoms with Crippen LogP contribution in [-0.2, 0) is 0 Å². The molecule has 1 aliphatic carbocycles. The highest BCUT2D eigenvalue weighted by Gasteiger charge is 2.38. The lowest BCUT2D eigenvalue weighted by molar-refractivity contribution is 0.0253. The SMILES string of the molecule is NCC(c1c(F)cccc1F)N1CCCC2CCCCC21. The number of rotatable bonds is 3. The maximum Gasteiger partial charge on any atom is 0.130 e. The third kappa shape index (κ3) is 2.84. The smallest absolute Gasteiger partial charge is 0.130 e. The lowest BCUT2D eigenvalue weighted by Crippen LogP contribution is -2.50. The number of piperidine rings is 1. The van der Waals surface area contributed by atoms with Gasteiger partial charge in [0.05, 0.1) is 6.04 Å². The number of hydrogen-bond acceptors (Lipinski definition) is 2. The first-order valence-corrected chi connectivity index (χ1v) is 8.12. The first-order chi connectivity index (χ1) is 10.2. The Morgan fingerprint density at radius 1 is 1.10 bits per heavy atom. The van der Waals surface area contributed by atoms with Crippen LogP contribution in [0.3, 0.4) is 0 Å². The molecule has 2 nitrogen and oxygen atoms in total. The summed E-state index contributed by atoms with van der Waals surface area (Å²) in [5.74, 6) is -0.261. The van der Waals surface area contributed by atoms with Gasteiger partial charge in [-0.25, -0.2) is 8.78 Å². The molecule has 4 heteroatoms. The largest absolute Gasteiger partial charge is 0.329 e. The Balaban J connectivity index is 1.91. The second kappa shape index (κ2) is 6.41. The fraction of sp³-hybridized carbons (Fsp3) is 0.647. The summed E-state index contributed by atoms with van der Waals surface area (Å²) in [5, 5.41) is 0. The van der Waals surface area contributed by atoms with E-state index in [1.165, 1.54) is 43.9 Å². The summed E-state index contributed by atoms with van der Waals surface area (Å²) in [6.07, 6.45) is 7.24. The Morgan fingerprint density at radius 3 is 2.48 bits per heavy atom. The molecule has 0 amide bonds. The van der Waals surface area contributed by atoms with Crippen molar-refractivity contribution in [3.8, 4) is 0 Å². The van der Waals surface area contributed by atoms with Gasteiger partial charge in [0, 0.05) is 18.2 Å². The lowest BCUT2D eigenvalue weighted by atomic mass is 9.77. The maximum atomic E-state index is 14.1. The van der Waals surface area contributed by atoms with E-state index in [0.717, 1.165) is 19.4 Å². The van der Waals surface area contributed by atoms with Crippen LogP contribution in [0.2, 0.25) is 0 Å². The highest BCUT2D eigenvalue weighted by molar-refractivity contribution is 5.24. The average Bonchev–Trinajstić information content (AvgIpc) is 2.51. The van der Waals surface area contributed by atoms with E-state index in [4.69, 9.17) is 5.73 Å². The van der Waals surface area contributed by atoms with E-state index >= 15 is 0 Å². The summed E-state index contributed by atoms with van der Waals surface area (Å²) in [4.78, 5) is 2.29. The quantitative estimate of drug-likeness (QED) is 0.922. The van der Waals surface area contributed by atoms with Crippen LogP contribution in [0.5, 0.6) is 0 Å². The van der Waals surface area contributed by atoms with Crippen LogP contribution in [0.4, 0.5) is 8.78 Å². The minimum absolute atomic E-state index is 0.159. The lowest BCUT2D eigenvalue weighted by Gasteiger charge is -2.47. The molecule has 3 unspecified atom stereocenters. The minimum Gasteiger partial charge on any atom is -0.329 e. The highest BCUT2D eigenvalue weighted by atomic mass is 19.1. The van der Waals surface area contributed by atoms with Crippen LogP contribution in [0.1, 0.15) is 50.1 Å². The molecule has 0 aromatic heterocycles. The number of nitrogens with two attached hydrogens (primary N) is 1. The van der Waals surface area contributed by atoms with Crippen molar-refractivity contribution in [2.24, 2.45) is 11.7 Å². The van der Waals surface area contributed by atoms with E-state index in [0.29, 0.717) is 12.0 Å². The summed E-state index contributed by atoms with van der Waals surface area (Å²) in [5.41, 5.74) is 6.08. The number of fused-ring (bicyclic) bond motifs is 1. The fourth-order valence-electron chi connectivity index (χ4n) is 4.30. The molecule has 1 saturated heterocycles. The van der Waals surface area contributed by atoms with E-state index in [1.807, 2.05) is 0 Å². The zero-order chi connectivity index (χ0) is 14.8. The van der Waals surface area contributed by atoms with Crippen molar-refractivity contribution in [3.05, 3.63) is 35.4 Å². The highest BCUT2D eigenvalue weighted by Crippen LogP contribution is 2.40. The summed E-state index contributed by atoms with van der Waals surface area (Å²) in [6, 6.07) is 4.20. The predicted octanol–water partition coefficient (Wildman–Crippen LogP) is 3.62. The van der Waals surface area contributed by atoms with Gasteiger partial charge in [-0.2, -0.15) is 0 Å². The van der Waals surface area contributed by atoms with Crippen LogP contribution in [0.25, 0.3) is 0 Å². The summed E-state index contributed by atoms with van der Waals surface area (Å²) in [7, 11) is 0. The number of likely N-dealkylation sites (tertiary alicyclic amines) is 1. The Hall–Kier alpha value is -1.00. The van der Waals surface area contributed by atoms with Crippen LogP contribution in [0, 0.1) is 17.6 Å². The predicted molar refractivity (Wildman–Crippen MR) is 79.8 cm³/mol. The monoisotopic (exact) mass is 294 g/mol. The van der Waals surface area contributed by atoms with Crippen molar-refractivity contribution in [1.82, 2.24) is 4.90 Å². The standard InChI is InChI=1S/C17H24F2N2/c18-13-7-3-8-14(19)17(13)16(11-20)21-10-4-6-12-5-1-2-9-15(12)21/h3,7-8,12,15-16H,1-2,4-6,9-11,20H2. The molecule has 21 heavy (non-hydrogen) atoms. The summed E-state index contributed by atoms with van der Waals surface area (Å²) >= 11 is 0. The molecule has 1 aromatic carbocycles. The minimum atomic E-state index is -0.469. The zero-order valence-corrected chi connectivity index (χ0v) is 12.4. The molecule has 0 radical (unpaired) electrons. The van der Waals surface area contributed by atoms with Crippen molar-refractivity contribution >= 4 is 0 Å². The molecular formula is C17H24F2N2. The second-order valence-corrected chi connectivity index (χ2v) is 6.38. The van der Waals surface area contributed by atoms with Gasteiger partial charge < -0.3 is 5.73 Å². The Kier molecular flexibility index (Phi) is 4.55. The van der Waals surface area contributed by atoms with Crippen molar-refractivity contribution < 1.29 is 8.78 Å². The van der Waals surface area contributed by atoms with Crippen molar-refractivity contribution in [2.75, 3.05) is 13.1 Å². The van der Waals surface area contributed by atoms with E-state index < -0.39 is 11.6 Å². The number of nitrogens with zero attached hydrogens (tertiary/aromatic N) is 1. The number of halogens is 2. The normalized spacial score (nSPS) is 28.1. The molecule has 0 bridgehead atoms. The van der Waals surface area contributed by atoms with E-state index in [2.05, 4.69) is 4.90 Å².